The van der Waals surface area contributed by atoms with E-state index in [0.29, 0.717) is 0 Å². The van der Waals surface area contributed by atoms with Crippen LogP contribution in [0.4, 0.5) is 0 Å². The summed E-state index contributed by atoms with van der Waals surface area (Å²) in [6.45, 7) is 0. The van der Waals surface area contributed by atoms with Crippen LogP contribution in [-0.4, -0.2) is 5.87 Å². The normalized spacial score (nSPS) is 4.25. The maximum absolute atomic E-state index is 4.39. The summed E-state index contributed by atoms with van der Waals surface area (Å²) in [6, 6.07) is 0. The van der Waals surface area contributed by atoms with E-state index in [-0.39, 0.29) is 0 Å². The van der Waals surface area contributed by atoms with Crippen LogP contribution in [-0.2, 0) is 20.9 Å². The SMILES string of the molecule is PB=S=S. The summed E-state index contributed by atoms with van der Waals surface area (Å²) in [5, 5.41) is 0. The molecule has 0 radical (unpaired) electrons. The van der Waals surface area contributed by atoms with Crippen LogP contribution in [0.25, 0.3) is 0 Å². The molecule has 0 amide bonds. The zero-order valence-corrected chi connectivity index (χ0v) is 4.76. The Balaban J connectivity index is 3.11. The molecule has 0 aromatic rings. The van der Waals surface area contributed by atoms with Gasteiger partial charge >= 0.3 is 35.9 Å². The van der Waals surface area contributed by atoms with E-state index in [2.05, 4.69) is 20.3 Å². The quantitative estimate of drug-likeness (QED) is 0.309. The third-order valence-electron chi connectivity index (χ3n) is 0.0556. The van der Waals surface area contributed by atoms with E-state index in [1.165, 1.54) is 9.75 Å². The molecule has 0 saturated carbocycles. The maximum atomic E-state index is 4.39. The van der Waals surface area contributed by atoms with Crippen LogP contribution < -0.4 is 0 Å². The molecule has 0 aromatic heterocycles. The van der Waals surface area contributed by atoms with E-state index < -0.39 is 0 Å². The molecule has 4 heavy (non-hydrogen) atoms. The van der Waals surface area contributed by atoms with Crippen LogP contribution in [0, 0.1) is 0 Å². The molecule has 0 aliphatic carbocycles. The van der Waals surface area contributed by atoms with Gasteiger partial charge in [0.1, 0.15) is 0 Å². The Bertz CT molecular complexity index is 44.0. The van der Waals surface area contributed by atoms with Crippen molar-refractivity contribution in [2.45, 2.75) is 0 Å². The predicted molar refractivity (Wildman–Crippen MR) is 30.2 cm³/mol. The zero-order chi connectivity index (χ0) is 3.41. The molecule has 1 atom stereocenters. The van der Waals surface area contributed by atoms with Gasteiger partial charge in [0.05, 0.1) is 0 Å². The van der Waals surface area contributed by atoms with Gasteiger partial charge in [0.15, 0.2) is 0 Å². The summed E-state index contributed by atoms with van der Waals surface area (Å²) in [7, 11) is 3.67. The first-order valence-electron chi connectivity index (χ1n) is 0.736. The summed E-state index contributed by atoms with van der Waals surface area (Å²) in [5.74, 6) is 1.77. The standard InChI is InChI=1S/BH2PS2/c2-1-4-3/h2H2. The average Bonchev–Trinajstić information content (AvgIpc) is 1.37. The van der Waals surface area contributed by atoms with Crippen molar-refractivity contribution in [3.05, 3.63) is 0 Å². The first-order chi connectivity index (χ1) is 1.91. The fourth-order valence-electron chi connectivity index (χ4n) is 0. The molecule has 0 spiro atoms. The summed E-state index contributed by atoms with van der Waals surface area (Å²) >= 11 is 4.39. The van der Waals surface area contributed by atoms with Crippen molar-refractivity contribution in [1.29, 1.82) is 0 Å². The van der Waals surface area contributed by atoms with Gasteiger partial charge in [-0.15, -0.1) is 0 Å². The Morgan fingerprint density at radius 2 is 2.25 bits per heavy atom. The van der Waals surface area contributed by atoms with Gasteiger partial charge in [-0.1, -0.05) is 0 Å². The molecule has 0 N–H and O–H groups in total. The third kappa shape index (κ3) is 2.93. The van der Waals surface area contributed by atoms with Gasteiger partial charge in [-0.05, 0) is 0 Å². The molecular formula is H2BPS2. The van der Waals surface area contributed by atoms with Crippen LogP contribution in [0.15, 0.2) is 0 Å². The summed E-state index contributed by atoms with van der Waals surface area (Å²) in [6.07, 6.45) is 0. The van der Waals surface area contributed by atoms with E-state index in [1.54, 1.807) is 5.87 Å². The minimum absolute atomic E-state index is 1.28. The second-order valence-electron chi connectivity index (χ2n) is 0.232. The van der Waals surface area contributed by atoms with Gasteiger partial charge in [-0.3, -0.25) is 0 Å². The molecule has 0 rings (SSSR count). The summed E-state index contributed by atoms with van der Waals surface area (Å²) in [4.78, 5) is 0. The Morgan fingerprint density at radius 1 is 2.00 bits per heavy atom. The van der Waals surface area contributed by atoms with Crippen LogP contribution in [0.2, 0.25) is 0 Å². The third-order valence-corrected chi connectivity index (χ3v) is 1.50. The van der Waals surface area contributed by atoms with Crippen LogP contribution in [0.5, 0.6) is 0 Å². The monoisotopic (exact) mass is 108 g/mol. The van der Waals surface area contributed by atoms with Gasteiger partial charge in [0, 0.05) is 0 Å². The van der Waals surface area contributed by atoms with Gasteiger partial charge in [0.25, 0.3) is 0 Å². The molecule has 0 aliphatic rings. The first-order valence-corrected chi connectivity index (χ1v) is 3.21. The van der Waals surface area contributed by atoms with Crippen LogP contribution in [0.1, 0.15) is 0 Å². The van der Waals surface area contributed by atoms with E-state index in [0.717, 1.165) is 0 Å². The predicted octanol–water partition coefficient (Wildman–Crippen LogP) is -0.0598. The molecule has 0 nitrogen and oxygen atoms in total. The van der Waals surface area contributed by atoms with E-state index in [1.807, 2.05) is 0 Å². The molecule has 4 heteroatoms. The summed E-state index contributed by atoms with van der Waals surface area (Å²) < 4.78 is 0. The average molecular weight is 108 g/mol. The summed E-state index contributed by atoms with van der Waals surface area (Å²) in [5.41, 5.74) is 0. The second kappa shape index (κ2) is 3.93. The van der Waals surface area contributed by atoms with Crippen LogP contribution >= 0.6 is 9.12 Å². The first kappa shape index (κ1) is 4.93. The van der Waals surface area contributed by atoms with E-state index in [9.17, 15) is 0 Å². The van der Waals surface area contributed by atoms with E-state index in [4.69, 9.17) is 0 Å². The van der Waals surface area contributed by atoms with Crippen molar-refractivity contribution in [3.8, 4) is 0 Å². The van der Waals surface area contributed by atoms with Crippen molar-refractivity contribution in [2.75, 3.05) is 0 Å². The minimum atomic E-state index is 1.28. The Labute approximate surface area is 36.5 Å². The molecule has 0 aliphatic heterocycles. The Kier molecular flexibility index (Phi) is 4.85. The molecule has 0 fully saturated rings. The van der Waals surface area contributed by atoms with Gasteiger partial charge < -0.3 is 0 Å². The van der Waals surface area contributed by atoms with Crippen LogP contribution in [0.3, 0.4) is 0 Å². The molecular weight excluding hydrogens is 106 g/mol. The molecule has 22 valence electrons. The Morgan fingerprint density at radius 3 is 2.25 bits per heavy atom. The zero-order valence-electron chi connectivity index (χ0n) is 1.97. The fourth-order valence-corrected chi connectivity index (χ4v) is 0. The molecule has 0 bridgehead atoms. The molecule has 0 aromatic carbocycles. The van der Waals surface area contributed by atoms with Gasteiger partial charge in [-0.2, -0.15) is 0 Å². The topological polar surface area (TPSA) is 0 Å². The van der Waals surface area contributed by atoms with Crippen molar-refractivity contribution >= 4 is 35.9 Å². The molecule has 0 heterocycles. The number of hydrogen-bond donors (Lipinski definition) is 0. The number of rotatable bonds is 0. The molecule has 0 saturated heterocycles. The molecule has 1 unspecified atom stereocenters. The van der Waals surface area contributed by atoms with Crippen molar-refractivity contribution in [1.82, 2.24) is 0 Å². The fraction of sp³-hybridized carbons (Fsp3) is 0. The van der Waals surface area contributed by atoms with Crippen molar-refractivity contribution in [3.63, 3.8) is 0 Å². The van der Waals surface area contributed by atoms with E-state index >= 15 is 0 Å². The Hall–Kier alpha value is 0.935. The van der Waals surface area contributed by atoms with Gasteiger partial charge in [0.2, 0.25) is 0 Å². The second-order valence-corrected chi connectivity index (χ2v) is 2.09. The van der Waals surface area contributed by atoms with Gasteiger partial charge in [-0.25, -0.2) is 0 Å². The van der Waals surface area contributed by atoms with Crippen molar-refractivity contribution in [2.24, 2.45) is 0 Å². The van der Waals surface area contributed by atoms with Crippen molar-refractivity contribution < 1.29 is 0 Å². The number of hydrogen-bond acceptors (Lipinski definition) is 1.